The summed E-state index contributed by atoms with van der Waals surface area (Å²) in [5.41, 5.74) is 0. The van der Waals surface area contributed by atoms with E-state index in [0.29, 0.717) is 0 Å². The highest BCUT2D eigenvalue weighted by molar-refractivity contribution is 5.26. The second-order valence-corrected chi connectivity index (χ2v) is 1.51. The van der Waals surface area contributed by atoms with Crippen molar-refractivity contribution in [2.75, 3.05) is 0 Å². The van der Waals surface area contributed by atoms with E-state index in [1.807, 2.05) is 6.92 Å². The molecule has 0 spiro atoms. The summed E-state index contributed by atoms with van der Waals surface area (Å²) in [4.78, 5) is 19.8. The monoisotopic (exact) mass is 152 g/mol. The van der Waals surface area contributed by atoms with Gasteiger partial charge in [-0.25, -0.2) is 25.2 Å². The van der Waals surface area contributed by atoms with E-state index < -0.39 is 0 Å². The van der Waals surface area contributed by atoms with Crippen LogP contribution in [0.5, 0.6) is 0 Å². The van der Waals surface area contributed by atoms with Crippen LogP contribution >= 0.6 is 0 Å². The molecule has 11 heavy (non-hydrogen) atoms. The van der Waals surface area contributed by atoms with Crippen molar-refractivity contribution >= 4 is 6.08 Å². The number of aromatic nitrogens is 3. The van der Waals surface area contributed by atoms with Crippen LogP contribution in [-0.4, -0.2) is 21.0 Å². The quantitative estimate of drug-likeness (QED) is 0.464. The molecule has 0 fully saturated rings. The standard InChI is InChI=1S/C5H7N3.CHNO/c1-2-5-7-3-6-4-8-5;2-1-3/h3-4H,2H2,1H3;2H. The number of carbonyl (C=O) groups excluding carboxylic acids is 1. The van der Waals surface area contributed by atoms with Crippen LogP contribution in [0.4, 0.5) is 0 Å². The molecule has 0 bridgehead atoms. The van der Waals surface area contributed by atoms with Crippen molar-refractivity contribution in [3.8, 4) is 0 Å². The SMILES string of the molecule is CCc1ncncn1.N=C=O. The first kappa shape index (κ1) is 9.39. The number of hydrogen-bond acceptors (Lipinski definition) is 5. The Balaban J connectivity index is 0.000000292. The topological polar surface area (TPSA) is 79.6 Å². The van der Waals surface area contributed by atoms with Gasteiger partial charge in [-0.15, -0.1) is 0 Å². The molecular formula is C6H8N4O. The normalized spacial score (nSPS) is 7.36. The summed E-state index contributed by atoms with van der Waals surface area (Å²) in [6.07, 6.45) is 4.64. The molecule has 1 aromatic heterocycles. The smallest absolute Gasteiger partial charge is 0.225 e. The maximum absolute atomic E-state index is 8.35. The van der Waals surface area contributed by atoms with Crippen molar-refractivity contribution in [3.63, 3.8) is 0 Å². The van der Waals surface area contributed by atoms with E-state index >= 15 is 0 Å². The first-order valence-electron chi connectivity index (χ1n) is 2.99. The van der Waals surface area contributed by atoms with Gasteiger partial charge in [0.05, 0.1) is 0 Å². The summed E-state index contributed by atoms with van der Waals surface area (Å²) in [5.74, 6) is 0.847. The average molecular weight is 152 g/mol. The Kier molecular flexibility index (Phi) is 5.56. The van der Waals surface area contributed by atoms with E-state index in [9.17, 15) is 0 Å². The van der Waals surface area contributed by atoms with Crippen LogP contribution in [-0.2, 0) is 11.2 Å². The third-order valence-corrected chi connectivity index (χ3v) is 0.863. The molecule has 0 amide bonds. The summed E-state index contributed by atoms with van der Waals surface area (Å²) in [7, 11) is 0. The van der Waals surface area contributed by atoms with E-state index in [0.717, 1.165) is 18.3 Å². The first-order valence-corrected chi connectivity index (χ1v) is 2.99. The zero-order valence-corrected chi connectivity index (χ0v) is 6.11. The molecule has 0 aliphatic heterocycles. The van der Waals surface area contributed by atoms with Crippen LogP contribution in [0.1, 0.15) is 12.7 Å². The van der Waals surface area contributed by atoms with Crippen molar-refractivity contribution in [2.24, 2.45) is 0 Å². The molecular weight excluding hydrogens is 144 g/mol. The molecule has 0 unspecified atom stereocenters. The van der Waals surface area contributed by atoms with Gasteiger partial charge >= 0.3 is 0 Å². The molecule has 0 saturated carbocycles. The van der Waals surface area contributed by atoms with E-state index in [-0.39, 0.29) is 0 Å². The number of hydrogen-bond donors (Lipinski definition) is 1. The Morgan fingerprint density at radius 1 is 1.55 bits per heavy atom. The summed E-state index contributed by atoms with van der Waals surface area (Å²) >= 11 is 0. The lowest BCUT2D eigenvalue weighted by Crippen LogP contribution is -1.90. The summed E-state index contributed by atoms with van der Waals surface area (Å²) in [6, 6.07) is 0. The molecule has 0 aliphatic rings. The number of isocyanates is 1. The highest BCUT2D eigenvalue weighted by atomic mass is 16.1. The predicted molar refractivity (Wildman–Crippen MR) is 37.6 cm³/mol. The van der Waals surface area contributed by atoms with Gasteiger partial charge in [0, 0.05) is 6.42 Å². The highest BCUT2D eigenvalue weighted by Gasteiger charge is 1.84. The molecule has 0 aliphatic carbocycles. The second-order valence-electron chi connectivity index (χ2n) is 1.51. The minimum atomic E-state index is 0.750. The molecule has 5 heteroatoms. The maximum Gasteiger partial charge on any atom is 0.231 e. The first-order chi connectivity index (χ1) is 5.35. The van der Waals surface area contributed by atoms with Gasteiger partial charge in [-0.05, 0) is 0 Å². The Morgan fingerprint density at radius 2 is 2.00 bits per heavy atom. The van der Waals surface area contributed by atoms with E-state index in [2.05, 4.69) is 15.0 Å². The molecule has 5 nitrogen and oxygen atoms in total. The molecule has 0 atom stereocenters. The molecule has 1 N–H and O–H groups in total. The van der Waals surface area contributed by atoms with E-state index in [4.69, 9.17) is 10.2 Å². The van der Waals surface area contributed by atoms with Crippen molar-refractivity contribution in [2.45, 2.75) is 13.3 Å². The van der Waals surface area contributed by atoms with Crippen molar-refractivity contribution < 1.29 is 4.79 Å². The molecule has 1 aromatic rings. The number of nitrogens with one attached hydrogen (secondary N) is 1. The van der Waals surface area contributed by atoms with Gasteiger partial charge in [-0.1, -0.05) is 6.92 Å². The van der Waals surface area contributed by atoms with Gasteiger partial charge in [0.2, 0.25) is 6.08 Å². The van der Waals surface area contributed by atoms with Gasteiger partial charge in [0.15, 0.2) is 0 Å². The molecule has 1 heterocycles. The summed E-state index contributed by atoms with van der Waals surface area (Å²) < 4.78 is 0. The van der Waals surface area contributed by atoms with Crippen LogP contribution in [0, 0.1) is 5.41 Å². The summed E-state index contributed by atoms with van der Waals surface area (Å²) in [5, 5.41) is 5.40. The number of aryl methyl sites for hydroxylation is 1. The lowest BCUT2D eigenvalue weighted by atomic mass is 10.5. The predicted octanol–water partition coefficient (Wildman–Crippen LogP) is 0.335. The maximum atomic E-state index is 8.35. The van der Waals surface area contributed by atoms with Crippen molar-refractivity contribution in [1.29, 1.82) is 5.41 Å². The fraction of sp³-hybridized carbons (Fsp3) is 0.333. The minimum absolute atomic E-state index is 0.750. The lowest BCUT2D eigenvalue weighted by Gasteiger charge is -1.87. The molecule has 0 saturated heterocycles. The molecule has 0 radical (unpaired) electrons. The van der Waals surface area contributed by atoms with Crippen LogP contribution < -0.4 is 0 Å². The van der Waals surface area contributed by atoms with Crippen molar-refractivity contribution in [1.82, 2.24) is 15.0 Å². The van der Waals surface area contributed by atoms with Gasteiger partial charge < -0.3 is 0 Å². The van der Waals surface area contributed by atoms with Gasteiger partial charge in [-0.2, -0.15) is 0 Å². The largest absolute Gasteiger partial charge is 0.231 e. The third kappa shape index (κ3) is 4.87. The van der Waals surface area contributed by atoms with E-state index in [1.165, 1.54) is 12.7 Å². The molecule has 58 valence electrons. The Morgan fingerprint density at radius 3 is 2.27 bits per heavy atom. The zero-order chi connectivity index (χ0) is 8.53. The fourth-order valence-corrected chi connectivity index (χ4v) is 0.446. The minimum Gasteiger partial charge on any atom is -0.225 e. The van der Waals surface area contributed by atoms with Gasteiger partial charge in [0.1, 0.15) is 18.5 Å². The van der Waals surface area contributed by atoms with Gasteiger partial charge in [-0.3, -0.25) is 0 Å². The Hall–Kier alpha value is -1.61. The Labute approximate surface area is 64.0 Å². The van der Waals surface area contributed by atoms with Crippen LogP contribution in [0.15, 0.2) is 12.7 Å². The lowest BCUT2D eigenvalue weighted by molar-refractivity contribution is 0.563. The fourth-order valence-electron chi connectivity index (χ4n) is 0.446. The van der Waals surface area contributed by atoms with Crippen molar-refractivity contribution in [3.05, 3.63) is 18.5 Å². The van der Waals surface area contributed by atoms with Crippen LogP contribution in [0.2, 0.25) is 0 Å². The summed E-state index contributed by atoms with van der Waals surface area (Å²) in [6.45, 7) is 2.01. The third-order valence-electron chi connectivity index (χ3n) is 0.863. The highest BCUT2D eigenvalue weighted by Crippen LogP contribution is 1.82. The van der Waals surface area contributed by atoms with Gasteiger partial charge in [0.25, 0.3) is 0 Å². The zero-order valence-electron chi connectivity index (χ0n) is 6.11. The second kappa shape index (κ2) is 6.51. The Bertz CT molecular complexity index is 217. The van der Waals surface area contributed by atoms with Crippen LogP contribution in [0.3, 0.4) is 0 Å². The van der Waals surface area contributed by atoms with E-state index in [1.54, 1.807) is 0 Å². The molecule has 1 rings (SSSR count). The van der Waals surface area contributed by atoms with Crippen LogP contribution in [0.25, 0.3) is 0 Å². The molecule has 0 aromatic carbocycles. The number of rotatable bonds is 1. The number of nitrogens with zero attached hydrogens (tertiary/aromatic N) is 3. The average Bonchev–Trinajstić information content (AvgIpc) is 2.08.